The summed E-state index contributed by atoms with van der Waals surface area (Å²) in [5.41, 5.74) is 11.2. The van der Waals surface area contributed by atoms with E-state index in [9.17, 15) is 9.59 Å². The van der Waals surface area contributed by atoms with Gasteiger partial charge in [-0.3, -0.25) is 9.59 Å². The molecule has 0 heterocycles. The van der Waals surface area contributed by atoms with Gasteiger partial charge in [0.15, 0.2) is 0 Å². The average Bonchev–Trinajstić information content (AvgIpc) is 2.37. The number of nitrogens with two attached hydrogens (primary N) is 2. The molecule has 0 amide bonds. The first-order valence-electron chi connectivity index (χ1n) is 5.81. The van der Waals surface area contributed by atoms with Crippen LogP contribution in [0.2, 0.25) is 0 Å². The van der Waals surface area contributed by atoms with Crippen LogP contribution in [-0.4, -0.2) is 32.9 Å². The molecule has 1 rings (SSSR count). The normalized spacial score (nSPS) is 13.7. The van der Waals surface area contributed by atoms with Crippen LogP contribution in [0, 0.1) is 0 Å². The Morgan fingerprint density at radius 2 is 1.55 bits per heavy atom. The summed E-state index contributed by atoms with van der Waals surface area (Å²) in [5.74, 6) is -2.02. The molecule has 112 valence electrons. The van der Waals surface area contributed by atoms with Crippen LogP contribution < -0.4 is 11.5 Å². The van der Waals surface area contributed by atoms with E-state index in [1.165, 1.54) is 0 Å². The molecule has 0 bridgehead atoms. The minimum Gasteiger partial charge on any atom is -0.480 e. The average molecular weight is 300 g/mol. The van der Waals surface area contributed by atoms with Crippen molar-refractivity contribution in [3.63, 3.8) is 0 Å². The molecule has 0 aromatic heterocycles. The number of carboxylic acids is 2. The topological polar surface area (TPSA) is 127 Å². The summed E-state index contributed by atoms with van der Waals surface area (Å²) in [4.78, 5) is 20.5. The first-order chi connectivity index (χ1) is 9.07. The maximum Gasteiger partial charge on any atom is 0.325 e. The molecule has 0 aliphatic rings. The Hall–Kier alpha value is -1.57. The van der Waals surface area contributed by atoms with Gasteiger partial charge in [0, 0.05) is 4.75 Å². The van der Waals surface area contributed by atoms with Gasteiger partial charge in [-0.1, -0.05) is 30.3 Å². The molecule has 0 aliphatic carbocycles. The molecule has 1 aromatic carbocycles. The lowest BCUT2D eigenvalue weighted by atomic mass is 10.1. The van der Waals surface area contributed by atoms with Crippen LogP contribution in [0.3, 0.4) is 0 Å². The predicted molar refractivity (Wildman–Crippen MR) is 79.7 cm³/mol. The number of thiol groups is 1. The summed E-state index contributed by atoms with van der Waals surface area (Å²) in [6, 6.07) is 6.92. The van der Waals surface area contributed by atoms with E-state index in [0.29, 0.717) is 5.56 Å². The highest BCUT2D eigenvalue weighted by Gasteiger charge is 2.27. The Bertz CT molecular complexity index is 445. The van der Waals surface area contributed by atoms with Gasteiger partial charge in [-0.2, -0.15) is 12.6 Å². The number of rotatable bonds is 4. The quantitative estimate of drug-likeness (QED) is 0.525. The molecule has 0 aliphatic heterocycles. The van der Waals surface area contributed by atoms with Crippen LogP contribution in [0.5, 0.6) is 0 Å². The second-order valence-electron chi connectivity index (χ2n) is 4.70. The zero-order valence-corrected chi connectivity index (χ0v) is 12.2. The number of hydrogen-bond acceptors (Lipinski definition) is 5. The van der Waals surface area contributed by atoms with Crippen molar-refractivity contribution in [2.24, 2.45) is 11.5 Å². The van der Waals surface area contributed by atoms with Crippen LogP contribution in [-0.2, 0) is 9.59 Å². The lowest BCUT2D eigenvalue weighted by Gasteiger charge is -2.21. The highest BCUT2D eigenvalue weighted by Crippen LogP contribution is 2.15. The first kappa shape index (κ1) is 18.4. The number of aliphatic carboxylic acids is 2. The summed E-state index contributed by atoms with van der Waals surface area (Å²) in [6.07, 6.45) is 0. The van der Waals surface area contributed by atoms with Gasteiger partial charge in [0.25, 0.3) is 0 Å². The third-order valence-electron chi connectivity index (χ3n) is 2.45. The van der Waals surface area contributed by atoms with Crippen molar-refractivity contribution in [2.75, 3.05) is 0 Å². The SMILES string of the molecule is CC(C)(S)C(N)C(=O)O.NC(C(=O)O)c1ccccc1. The second-order valence-corrected chi connectivity index (χ2v) is 5.85. The molecule has 6 nitrogen and oxygen atoms in total. The number of hydrogen-bond donors (Lipinski definition) is 5. The van der Waals surface area contributed by atoms with E-state index in [1.807, 2.05) is 6.07 Å². The number of carboxylic acid groups (broad SMARTS) is 2. The molecule has 7 heteroatoms. The van der Waals surface area contributed by atoms with Gasteiger partial charge in [0.05, 0.1) is 0 Å². The summed E-state index contributed by atoms with van der Waals surface area (Å²) in [5, 5.41) is 16.9. The van der Waals surface area contributed by atoms with Gasteiger partial charge in [-0.05, 0) is 19.4 Å². The van der Waals surface area contributed by atoms with Gasteiger partial charge in [-0.15, -0.1) is 0 Å². The molecule has 2 atom stereocenters. The molecular formula is C13H20N2O4S. The fourth-order valence-electron chi connectivity index (χ4n) is 1.11. The van der Waals surface area contributed by atoms with Crippen molar-refractivity contribution < 1.29 is 19.8 Å². The highest BCUT2D eigenvalue weighted by atomic mass is 32.1. The summed E-state index contributed by atoms with van der Waals surface area (Å²) < 4.78 is -0.647. The molecule has 0 radical (unpaired) electrons. The molecule has 0 saturated carbocycles. The van der Waals surface area contributed by atoms with Crippen molar-refractivity contribution >= 4 is 24.6 Å². The van der Waals surface area contributed by atoms with Crippen LogP contribution >= 0.6 is 12.6 Å². The van der Waals surface area contributed by atoms with Gasteiger partial charge >= 0.3 is 11.9 Å². The van der Waals surface area contributed by atoms with E-state index in [0.717, 1.165) is 0 Å². The maximum atomic E-state index is 10.4. The largest absolute Gasteiger partial charge is 0.480 e. The van der Waals surface area contributed by atoms with Crippen molar-refractivity contribution in [3.8, 4) is 0 Å². The van der Waals surface area contributed by atoms with Gasteiger partial charge < -0.3 is 21.7 Å². The fourth-order valence-corrected chi connectivity index (χ4v) is 1.22. The Labute approximate surface area is 123 Å². The molecule has 6 N–H and O–H groups in total. The van der Waals surface area contributed by atoms with Crippen LogP contribution in [0.4, 0.5) is 0 Å². The molecule has 0 fully saturated rings. The van der Waals surface area contributed by atoms with E-state index in [4.69, 9.17) is 21.7 Å². The number of benzene rings is 1. The third-order valence-corrected chi connectivity index (χ3v) is 2.73. The fraction of sp³-hybridized carbons (Fsp3) is 0.385. The van der Waals surface area contributed by atoms with Gasteiger partial charge in [-0.25, -0.2) is 0 Å². The van der Waals surface area contributed by atoms with E-state index >= 15 is 0 Å². The van der Waals surface area contributed by atoms with Crippen LogP contribution in [0.25, 0.3) is 0 Å². The lowest BCUT2D eigenvalue weighted by Crippen LogP contribution is -2.45. The van der Waals surface area contributed by atoms with E-state index in [-0.39, 0.29) is 0 Å². The molecule has 20 heavy (non-hydrogen) atoms. The lowest BCUT2D eigenvalue weighted by molar-refractivity contribution is -0.139. The number of carbonyl (C=O) groups is 2. The maximum absolute atomic E-state index is 10.4. The minimum atomic E-state index is -1.02. The Morgan fingerprint density at radius 1 is 1.10 bits per heavy atom. The zero-order valence-electron chi connectivity index (χ0n) is 11.4. The first-order valence-corrected chi connectivity index (χ1v) is 6.26. The van der Waals surface area contributed by atoms with Gasteiger partial charge in [0.1, 0.15) is 12.1 Å². The van der Waals surface area contributed by atoms with Crippen LogP contribution in [0.1, 0.15) is 25.5 Å². The molecule has 2 unspecified atom stereocenters. The minimum absolute atomic E-state index is 0.625. The molecular weight excluding hydrogens is 280 g/mol. The monoisotopic (exact) mass is 300 g/mol. The molecule has 1 aromatic rings. The van der Waals surface area contributed by atoms with Crippen molar-refractivity contribution in [1.82, 2.24) is 0 Å². The van der Waals surface area contributed by atoms with Crippen molar-refractivity contribution in [1.29, 1.82) is 0 Å². The van der Waals surface area contributed by atoms with Crippen LogP contribution in [0.15, 0.2) is 30.3 Å². The summed E-state index contributed by atoms with van der Waals surface area (Å²) in [6.45, 7) is 3.32. The van der Waals surface area contributed by atoms with Gasteiger partial charge in [0.2, 0.25) is 0 Å². The Balaban J connectivity index is 0.000000370. The summed E-state index contributed by atoms with van der Waals surface area (Å²) >= 11 is 3.98. The van der Waals surface area contributed by atoms with Crippen molar-refractivity contribution in [3.05, 3.63) is 35.9 Å². The summed E-state index contributed by atoms with van der Waals surface area (Å²) in [7, 11) is 0. The molecule has 0 saturated heterocycles. The second kappa shape index (κ2) is 7.88. The zero-order chi connectivity index (χ0) is 15.9. The molecule has 0 spiro atoms. The smallest absolute Gasteiger partial charge is 0.325 e. The third kappa shape index (κ3) is 6.55. The van der Waals surface area contributed by atoms with E-state index < -0.39 is 28.8 Å². The standard InChI is InChI=1S/C8H9NO2.C5H11NO2S/c9-7(8(10)11)6-4-2-1-3-5-6;1-5(2,9)3(6)4(7)8/h1-5,7H,9H2,(H,10,11);3,9H,6H2,1-2H3,(H,7,8). The Kier molecular flexibility index (Phi) is 7.26. The highest BCUT2D eigenvalue weighted by molar-refractivity contribution is 7.81. The van der Waals surface area contributed by atoms with E-state index in [1.54, 1.807) is 38.1 Å². The van der Waals surface area contributed by atoms with Crippen molar-refractivity contribution in [2.45, 2.75) is 30.7 Å². The predicted octanol–water partition coefficient (Wildman–Crippen LogP) is 0.878. The Morgan fingerprint density at radius 3 is 1.80 bits per heavy atom. The van der Waals surface area contributed by atoms with E-state index in [2.05, 4.69) is 12.6 Å².